The van der Waals surface area contributed by atoms with Gasteiger partial charge in [-0.3, -0.25) is 4.98 Å². The molecule has 0 amide bonds. The van der Waals surface area contributed by atoms with E-state index < -0.39 is 0 Å². The lowest BCUT2D eigenvalue weighted by Crippen LogP contribution is -1.97. The molecule has 0 aliphatic heterocycles. The van der Waals surface area contributed by atoms with E-state index in [0.717, 1.165) is 22.5 Å². The first kappa shape index (κ1) is 11.2. The summed E-state index contributed by atoms with van der Waals surface area (Å²) in [6, 6.07) is 9.85. The van der Waals surface area contributed by atoms with Crippen molar-refractivity contribution in [3.8, 4) is 6.07 Å². The van der Waals surface area contributed by atoms with Crippen molar-refractivity contribution < 1.29 is 0 Å². The van der Waals surface area contributed by atoms with Gasteiger partial charge >= 0.3 is 0 Å². The number of nitriles is 1. The van der Waals surface area contributed by atoms with Gasteiger partial charge in [0.2, 0.25) is 0 Å². The average Bonchev–Trinajstić information content (AvgIpc) is 2.32. The molecule has 0 radical (unpaired) electrons. The zero-order valence-electron chi connectivity index (χ0n) is 9.86. The van der Waals surface area contributed by atoms with Gasteiger partial charge in [-0.05, 0) is 37.1 Å². The summed E-state index contributed by atoms with van der Waals surface area (Å²) >= 11 is 0. The molecular formula is C14H13N3. The fraction of sp³-hybridized carbons (Fsp3) is 0.143. The Bertz CT molecular complexity index is 582. The molecule has 2 rings (SSSR count). The van der Waals surface area contributed by atoms with Crippen LogP contribution >= 0.6 is 0 Å². The highest BCUT2D eigenvalue weighted by Crippen LogP contribution is 2.24. The summed E-state index contributed by atoms with van der Waals surface area (Å²) in [5.41, 5.74) is 4.53. The minimum absolute atomic E-state index is 0.645. The molecule has 84 valence electrons. The average molecular weight is 223 g/mol. The van der Waals surface area contributed by atoms with Crippen LogP contribution in [0.5, 0.6) is 0 Å². The summed E-state index contributed by atoms with van der Waals surface area (Å²) in [4.78, 5) is 4.12. The van der Waals surface area contributed by atoms with Gasteiger partial charge in [0, 0.05) is 6.20 Å². The standard InChI is InChI=1S/C14H13N3/c1-10-6-13(9-16-8-10)17-14-11(2)4-3-5-12(14)7-15/h3-6,8-9,17H,1-2H3. The fourth-order valence-electron chi connectivity index (χ4n) is 1.69. The van der Waals surface area contributed by atoms with Crippen LogP contribution < -0.4 is 5.32 Å². The van der Waals surface area contributed by atoms with E-state index in [1.165, 1.54) is 0 Å². The van der Waals surface area contributed by atoms with Gasteiger partial charge in [0.1, 0.15) is 6.07 Å². The predicted molar refractivity (Wildman–Crippen MR) is 68.2 cm³/mol. The number of nitrogens with one attached hydrogen (secondary N) is 1. The molecule has 0 bridgehead atoms. The van der Waals surface area contributed by atoms with Crippen LogP contribution in [-0.2, 0) is 0 Å². The lowest BCUT2D eigenvalue weighted by Gasteiger charge is -2.11. The molecule has 0 aliphatic rings. The number of hydrogen-bond acceptors (Lipinski definition) is 3. The third-order valence-corrected chi connectivity index (χ3v) is 2.54. The molecule has 1 aromatic heterocycles. The van der Waals surface area contributed by atoms with Crippen LogP contribution in [0.3, 0.4) is 0 Å². The normalized spacial score (nSPS) is 9.71. The molecule has 0 aliphatic carbocycles. The largest absolute Gasteiger partial charge is 0.353 e. The first-order valence-corrected chi connectivity index (χ1v) is 5.39. The third-order valence-electron chi connectivity index (χ3n) is 2.54. The zero-order chi connectivity index (χ0) is 12.3. The van der Waals surface area contributed by atoms with E-state index in [1.54, 1.807) is 18.5 Å². The molecule has 1 N–H and O–H groups in total. The van der Waals surface area contributed by atoms with Crippen molar-refractivity contribution in [3.05, 3.63) is 53.3 Å². The van der Waals surface area contributed by atoms with Crippen molar-refractivity contribution in [1.29, 1.82) is 5.26 Å². The number of rotatable bonds is 2. The number of hydrogen-bond donors (Lipinski definition) is 1. The van der Waals surface area contributed by atoms with Gasteiger partial charge in [-0.1, -0.05) is 12.1 Å². The highest BCUT2D eigenvalue weighted by atomic mass is 14.9. The Hall–Kier alpha value is -2.34. The number of aryl methyl sites for hydroxylation is 2. The maximum absolute atomic E-state index is 9.07. The fourth-order valence-corrected chi connectivity index (χ4v) is 1.69. The molecule has 0 saturated heterocycles. The van der Waals surface area contributed by atoms with Gasteiger partial charge in [0.15, 0.2) is 0 Å². The van der Waals surface area contributed by atoms with E-state index in [4.69, 9.17) is 5.26 Å². The Balaban J connectivity index is 2.40. The van der Waals surface area contributed by atoms with Gasteiger partial charge in [-0.2, -0.15) is 5.26 Å². The molecule has 17 heavy (non-hydrogen) atoms. The molecule has 0 fully saturated rings. The van der Waals surface area contributed by atoms with E-state index in [0.29, 0.717) is 5.56 Å². The Kier molecular flexibility index (Phi) is 3.06. The Morgan fingerprint density at radius 3 is 2.76 bits per heavy atom. The van der Waals surface area contributed by atoms with Crippen molar-refractivity contribution >= 4 is 11.4 Å². The number of aromatic nitrogens is 1. The highest BCUT2D eigenvalue weighted by molar-refractivity contribution is 5.69. The van der Waals surface area contributed by atoms with Crippen LogP contribution in [0.4, 0.5) is 11.4 Å². The quantitative estimate of drug-likeness (QED) is 0.849. The number of anilines is 2. The molecule has 2 aromatic rings. The van der Waals surface area contributed by atoms with Crippen molar-refractivity contribution in [1.82, 2.24) is 4.98 Å². The van der Waals surface area contributed by atoms with E-state index in [2.05, 4.69) is 16.4 Å². The van der Waals surface area contributed by atoms with Gasteiger partial charge in [0.25, 0.3) is 0 Å². The molecule has 1 aromatic carbocycles. The number of benzene rings is 1. The molecule has 1 heterocycles. The van der Waals surface area contributed by atoms with Crippen LogP contribution in [0.25, 0.3) is 0 Å². The topological polar surface area (TPSA) is 48.7 Å². The SMILES string of the molecule is Cc1cncc(Nc2c(C)cccc2C#N)c1. The molecule has 0 spiro atoms. The molecule has 3 heteroatoms. The summed E-state index contributed by atoms with van der Waals surface area (Å²) in [5, 5.41) is 12.3. The van der Waals surface area contributed by atoms with Crippen molar-refractivity contribution in [3.63, 3.8) is 0 Å². The molecule has 0 saturated carbocycles. The Labute approximate surface area is 101 Å². The lowest BCUT2D eigenvalue weighted by atomic mass is 10.1. The minimum atomic E-state index is 0.645. The Morgan fingerprint density at radius 2 is 2.06 bits per heavy atom. The van der Waals surface area contributed by atoms with Gasteiger partial charge < -0.3 is 5.32 Å². The number of para-hydroxylation sites is 1. The van der Waals surface area contributed by atoms with Crippen LogP contribution in [0.1, 0.15) is 16.7 Å². The molecule has 3 nitrogen and oxygen atoms in total. The minimum Gasteiger partial charge on any atom is -0.353 e. The highest BCUT2D eigenvalue weighted by Gasteiger charge is 2.05. The van der Waals surface area contributed by atoms with Gasteiger partial charge in [0.05, 0.1) is 23.1 Å². The Morgan fingerprint density at radius 1 is 1.24 bits per heavy atom. The maximum atomic E-state index is 9.07. The smallest absolute Gasteiger partial charge is 0.101 e. The summed E-state index contributed by atoms with van der Waals surface area (Å²) in [5.74, 6) is 0. The number of pyridine rings is 1. The molecule has 0 unspecified atom stereocenters. The monoisotopic (exact) mass is 223 g/mol. The summed E-state index contributed by atoms with van der Waals surface area (Å²) in [6.07, 6.45) is 3.55. The second-order valence-corrected chi connectivity index (χ2v) is 3.99. The van der Waals surface area contributed by atoms with E-state index in [9.17, 15) is 0 Å². The van der Waals surface area contributed by atoms with Crippen LogP contribution in [0.15, 0.2) is 36.7 Å². The maximum Gasteiger partial charge on any atom is 0.101 e. The summed E-state index contributed by atoms with van der Waals surface area (Å²) in [6.45, 7) is 3.97. The second-order valence-electron chi connectivity index (χ2n) is 3.99. The van der Waals surface area contributed by atoms with E-state index >= 15 is 0 Å². The number of nitrogens with zero attached hydrogens (tertiary/aromatic N) is 2. The summed E-state index contributed by atoms with van der Waals surface area (Å²) < 4.78 is 0. The van der Waals surface area contributed by atoms with E-state index in [1.807, 2.05) is 32.0 Å². The first-order chi connectivity index (χ1) is 8.20. The predicted octanol–water partition coefficient (Wildman–Crippen LogP) is 3.31. The van der Waals surface area contributed by atoms with Gasteiger partial charge in [-0.25, -0.2) is 0 Å². The second kappa shape index (κ2) is 4.67. The zero-order valence-corrected chi connectivity index (χ0v) is 9.86. The van der Waals surface area contributed by atoms with Gasteiger partial charge in [-0.15, -0.1) is 0 Å². The summed E-state index contributed by atoms with van der Waals surface area (Å²) in [7, 11) is 0. The lowest BCUT2D eigenvalue weighted by molar-refractivity contribution is 1.26. The van der Waals surface area contributed by atoms with E-state index in [-0.39, 0.29) is 0 Å². The van der Waals surface area contributed by atoms with Crippen molar-refractivity contribution in [2.24, 2.45) is 0 Å². The molecular weight excluding hydrogens is 210 g/mol. The van der Waals surface area contributed by atoms with Crippen LogP contribution in [0.2, 0.25) is 0 Å². The first-order valence-electron chi connectivity index (χ1n) is 5.39. The van der Waals surface area contributed by atoms with Crippen molar-refractivity contribution in [2.75, 3.05) is 5.32 Å². The molecule has 0 atom stereocenters. The third kappa shape index (κ3) is 2.43. The van der Waals surface area contributed by atoms with Crippen LogP contribution in [-0.4, -0.2) is 4.98 Å². The van der Waals surface area contributed by atoms with Crippen molar-refractivity contribution in [2.45, 2.75) is 13.8 Å². The van der Waals surface area contributed by atoms with Crippen LogP contribution in [0, 0.1) is 25.2 Å².